The number of nitrogens with one attached hydrogen (secondary N) is 1. The maximum atomic E-state index is 13.7. The lowest BCUT2D eigenvalue weighted by Gasteiger charge is -2.19. The predicted octanol–water partition coefficient (Wildman–Crippen LogP) is 3.76. The van der Waals surface area contributed by atoms with Crippen molar-refractivity contribution in [3.8, 4) is 0 Å². The van der Waals surface area contributed by atoms with Gasteiger partial charge in [-0.15, -0.1) is 0 Å². The van der Waals surface area contributed by atoms with Crippen LogP contribution in [0.25, 0.3) is 0 Å². The number of rotatable bonds is 5. The molecular weight excluding hydrogens is 233 g/mol. The van der Waals surface area contributed by atoms with Gasteiger partial charge in [0.2, 0.25) is 0 Å². The standard InChI is InChI=1S/C14H20FNS/c1-16-14(10-17-11-6-2-3-7-11)12-8-4-5-9-13(12)15/h4-5,8-9,11,14,16H,2-3,6-7,10H2,1H3. The summed E-state index contributed by atoms with van der Waals surface area (Å²) in [6.45, 7) is 0. The summed E-state index contributed by atoms with van der Waals surface area (Å²) in [6.07, 6.45) is 5.39. The fourth-order valence-electron chi connectivity index (χ4n) is 2.37. The van der Waals surface area contributed by atoms with E-state index in [9.17, 15) is 4.39 Å². The Morgan fingerprint density at radius 3 is 2.71 bits per heavy atom. The Bertz CT molecular complexity index is 350. The molecule has 94 valence electrons. The highest BCUT2D eigenvalue weighted by atomic mass is 32.2. The summed E-state index contributed by atoms with van der Waals surface area (Å²) in [4.78, 5) is 0. The van der Waals surface area contributed by atoms with E-state index in [1.165, 1.54) is 25.7 Å². The SMILES string of the molecule is CNC(CSC1CCCC1)c1ccccc1F. The van der Waals surface area contributed by atoms with Crippen molar-refractivity contribution < 1.29 is 4.39 Å². The predicted molar refractivity (Wildman–Crippen MR) is 72.9 cm³/mol. The summed E-state index contributed by atoms with van der Waals surface area (Å²) in [7, 11) is 1.91. The zero-order chi connectivity index (χ0) is 12.1. The van der Waals surface area contributed by atoms with Gasteiger partial charge in [-0.05, 0) is 26.0 Å². The molecule has 3 heteroatoms. The van der Waals surface area contributed by atoms with E-state index >= 15 is 0 Å². The van der Waals surface area contributed by atoms with E-state index in [0.717, 1.165) is 16.6 Å². The Morgan fingerprint density at radius 2 is 2.06 bits per heavy atom. The van der Waals surface area contributed by atoms with Crippen LogP contribution in [0.3, 0.4) is 0 Å². The third kappa shape index (κ3) is 3.46. The van der Waals surface area contributed by atoms with Crippen LogP contribution in [0.15, 0.2) is 24.3 Å². The first kappa shape index (κ1) is 12.9. The second kappa shape index (κ2) is 6.41. The molecule has 2 rings (SSSR count). The molecule has 0 saturated heterocycles. The molecule has 0 heterocycles. The average Bonchev–Trinajstić information content (AvgIpc) is 2.85. The topological polar surface area (TPSA) is 12.0 Å². The minimum Gasteiger partial charge on any atom is -0.312 e. The second-order valence-electron chi connectivity index (χ2n) is 4.60. The minimum atomic E-state index is -0.0983. The molecule has 0 radical (unpaired) electrons. The Balaban J connectivity index is 1.94. The van der Waals surface area contributed by atoms with Crippen molar-refractivity contribution in [1.29, 1.82) is 0 Å². The first-order valence-electron chi connectivity index (χ1n) is 6.34. The van der Waals surface area contributed by atoms with Crippen LogP contribution in [0.5, 0.6) is 0 Å². The first-order valence-corrected chi connectivity index (χ1v) is 7.39. The van der Waals surface area contributed by atoms with Gasteiger partial charge in [0, 0.05) is 22.6 Å². The van der Waals surface area contributed by atoms with E-state index < -0.39 is 0 Å². The van der Waals surface area contributed by atoms with E-state index in [2.05, 4.69) is 5.32 Å². The maximum absolute atomic E-state index is 13.7. The third-order valence-electron chi connectivity index (χ3n) is 3.43. The summed E-state index contributed by atoms with van der Waals surface area (Å²) in [5, 5.41) is 4.01. The van der Waals surface area contributed by atoms with Gasteiger partial charge >= 0.3 is 0 Å². The molecule has 0 aliphatic heterocycles. The lowest BCUT2D eigenvalue weighted by Crippen LogP contribution is -2.21. The van der Waals surface area contributed by atoms with Crippen LogP contribution >= 0.6 is 11.8 Å². The number of thioether (sulfide) groups is 1. The molecule has 1 atom stereocenters. The van der Waals surface area contributed by atoms with Crippen LogP contribution in [0, 0.1) is 5.82 Å². The van der Waals surface area contributed by atoms with Crippen LogP contribution in [0.1, 0.15) is 37.3 Å². The summed E-state index contributed by atoms with van der Waals surface area (Å²) < 4.78 is 13.7. The van der Waals surface area contributed by atoms with Crippen molar-refractivity contribution in [2.75, 3.05) is 12.8 Å². The van der Waals surface area contributed by atoms with E-state index in [1.54, 1.807) is 12.1 Å². The van der Waals surface area contributed by atoms with Crippen molar-refractivity contribution in [1.82, 2.24) is 5.32 Å². The van der Waals surface area contributed by atoms with Gasteiger partial charge in [0.05, 0.1) is 0 Å². The molecule has 1 N–H and O–H groups in total. The smallest absolute Gasteiger partial charge is 0.128 e. The molecule has 1 fully saturated rings. The normalized spacial score (nSPS) is 18.5. The van der Waals surface area contributed by atoms with E-state index in [1.807, 2.05) is 30.9 Å². The second-order valence-corrected chi connectivity index (χ2v) is 5.94. The quantitative estimate of drug-likeness (QED) is 0.857. The Labute approximate surface area is 107 Å². The molecular formula is C14H20FNS. The fourth-order valence-corrected chi connectivity index (χ4v) is 3.85. The maximum Gasteiger partial charge on any atom is 0.128 e. The first-order chi connectivity index (χ1) is 8.31. The largest absolute Gasteiger partial charge is 0.312 e. The van der Waals surface area contributed by atoms with E-state index in [4.69, 9.17) is 0 Å². The Kier molecular flexibility index (Phi) is 4.86. The Hall–Kier alpha value is -0.540. The summed E-state index contributed by atoms with van der Waals surface area (Å²) in [6, 6.07) is 7.20. The molecule has 1 saturated carbocycles. The van der Waals surface area contributed by atoms with Crippen LogP contribution in [-0.4, -0.2) is 18.1 Å². The van der Waals surface area contributed by atoms with E-state index in [-0.39, 0.29) is 11.9 Å². The van der Waals surface area contributed by atoms with Crippen molar-refractivity contribution >= 4 is 11.8 Å². The zero-order valence-electron chi connectivity index (χ0n) is 10.3. The van der Waals surface area contributed by atoms with Crippen LogP contribution in [0.2, 0.25) is 0 Å². The summed E-state index contributed by atoms with van der Waals surface area (Å²) in [5.41, 5.74) is 0.792. The van der Waals surface area contributed by atoms with Gasteiger partial charge < -0.3 is 5.32 Å². The van der Waals surface area contributed by atoms with Crippen LogP contribution < -0.4 is 5.32 Å². The molecule has 1 aromatic rings. The fraction of sp³-hybridized carbons (Fsp3) is 0.571. The average molecular weight is 253 g/mol. The highest BCUT2D eigenvalue weighted by molar-refractivity contribution is 7.99. The van der Waals surface area contributed by atoms with Crippen molar-refractivity contribution in [2.24, 2.45) is 0 Å². The van der Waals surface area contributed by atoms with E-state index in [0.29, 0.717) is 0 Å². The van der Waals surface area contributed by atoms with Crippen LogP contribution in [-0.2, 0) is 0 Å². The molecule has 17 heavy (non-hydrogen) atoms. The minimum absolute atomic E-state index is 0.0983. The van der Waals surface area contributed by atoms with Gasteiger partial charge in [0.1, 0.15) is 5.82 Å². The number of halogens is 1. The molecule has 0 aromatic heterocycles. The van der Waals surface area contributed by atoms with Gasteiger partial charge in [0.25, 0.3) is 0 Å². The summed E-state index contributed by atoms with van der Waals surface area (Å²) in [5.74, 6) is 0.862. The number of hydrogen-bond acceptors (Lipinski definition) is 2. The Morgan fingerprint density at radius 1 is 1.35 bits per heavy atom. The zero-order valence-corrected chi connectivity index (χ0v) is 11.1. The van der Waals surface area contributed by atoms with Crippen LogP contribution in [0.4, 0.5) is 4.39 Å². The number of hydrogen-bond donors (Lipinski definition) is 1. The number of benzene rings is 1. The lowest BCUT2D eigenvalue weighted by atomic mass is 10.1. The van der Waals surface area contributed by atoms with Crippen molar-refractivity contribution in [2.45, 2.75) is 37.0 Å². The monoisotopic (exact) mass is 253 g/mol. The summed E-state index contributed by atoms with van der Waals surface area (Å²) >= 11 is 1.99. The van der Waals surface area contributed by atoms with Gasteiger partial charge in [-0.25, -0.2) is 4.39 Å². The molecule has 1 unspecified atom stereocenters. The highest BCUT2D eigenvalue weighted by Gasteiger charge is 2.19. The molecule has 1 aromatic carbocycles. The van der Waals surface area contributed by atoms with Crippen molar-refractivity contribution in [3.63, 3.8) is 0 Å². The third-order valence-corrected chi connectivity index (χ3v) is 4.90. The van der Waals surface area contributed by atoms with Gasteiger partial charge in [-0.3, -0.25) is 0 Å². The van der Waals surface area contributed by atoms with Gasteiger partial charge in [0.15, 0.2) is 0 Å². The van der Waals surface area contributed by atoms with Gasteiger partial charge in [-0.1, -0.05) is 31.0 Å². The van der Waals surface area contributed by atoms with Gasteiger partial charge in [-0.2, -0.15) is 11.8 Å². The molecule has 1 aliphatic carbocycles. The van der Waals surface area contributed by atoms with Crippen molar-refractivity contribution in [3.05, 3.63) is 35.6 Å². The molecule has 1 aliphatic rings. The molecule has 0 amide bonds. The highest BCUT2D eigenvalue weighted by Crippen LogP contribution is 2.32. The molecule has 1 nitrogen and oxygen atoms in total. The molecule has 0 spiro atoms. The molecule has 0 bridgehead atoms. The lowest BCUT2D eigenvalue weighted by molar-refractivity contribution is 0.565.